The van der Waals surface area contributed by atoms with Gasteiger partial charge in [-0.2, -0.15) is 0 Å². The second-order valence-corrected chi connectivity index (χ2v) is 5.91. The van der Waals surface area contributed by atoms with Crippen LogP contribution in [0.4, 0.5) is 4.39 Å². The molecule has 1 aliphatic rings. The molecule has 0 spiro atoms. The first-order valence-corrected chi connectivity index (χ1v) is 8.04. The summed E-state index contributed by atoms with van der Waals surface area (Å²) in [7, 11) is 0. The average Bonchev–Trinajstić information content (AvgIpc) is 3.24. The number of benzene rings is 2. The molecule has 0 amide bonds. The molecular weight excluding hydrogens is 333 g/mol. The quantitative estimate of drug-likeness (QED) is 0.508. The second kappa shape index (κ2) is 6.44. The van der Waals surface area contributed by atoms with Gasteiger partial charge >= 0.3 is 5.97 Å². The molecule has 0 aliphatic carbocycles. The van der Waals surface area contributed by atoms with Crippen LogP contribution in [-0.2, 0) is 9.53 Å². The number of nitrogens with zero attached hydrogens (tertiary/aromatic N) is 1. The van der Waals surface area contributed by atoms with Crippen molar-refractivity contribution >= 4 is 17.9 Å². The summed E-state index contributed by atoms with van der Waals surface area (Å²) in [5.41, 5.74) is 2.76. The number of rotatable bonds is 3. The van der Waals surface area contributed by atoms with Gasteiger partial charge in [0.2, 0.25) is 5.90 Å². The van der Waals surface area contributed by atoms with Crippen LogP contribution in [0.1, 0.15) is 16.9 Å². The van der Waals surface area contributed by atoms with Gasteiger partial charge in [0.15, 0.2) is 5.70 Å². The third-order valence-electron chi connectivity index (χ3n) is 3.95. The van der Waals surface area contributed by atoms with Crippen molar-refractivity contribution < 1.29 is 18.3 Å². The molecule has 0 radical (unpaired) electrons. The van der Waals surface area contributed by atoms with Crippen molar-refractivity contribution in [3.63, 3.8) is 0 Å². The summed E-state index contributed by atoms with van der Waals surface area (Å²) in [4.78, 5) is 16.3. The third kappa shape index (κ3) is 3.19. The molecule has 5 heteroatoms. The van der Waals surface area contributed by atoms with Gasteiger partial charge in [-0.1, -0.05) is 17.7 Å². The first-order chi connectivity index (χ1) is 12.6. The smallest absolute Gasteiger partial charge is 0.363 e. The fraction of sp³-hybridized carbons (Fsp3) is 0.0476. The number of aryl methyl sites for hydroxylation is 1. The van der Waals surface area contributed by atoms with Crippen molar-refractivity contribution in [2.24, 2.45) is 4.99 Å². The second-order valence-electron chi connectivity index (χ2n) is 5.91. The van der Waals surface area contributed by atoms with Crippen molar-refractivity contribution in [3.8, 4) is 11.3 Å². The SMILES string of the molecule is Cc1ccc(C2=N/C(=C/c3ccc(-c4ccc(F)cc4)o3)C(=O)O2)cc1. The molecule has 4 rings (SSSR count). The lowest BCUT2D eigenvalue weighted by Gasteiger charge is -1.99. The van der Waals surface area contributed by atoms with E-state index in [1.807, 2.05) is 31.2 Å². The lowest BCUT2D eigenvalue weighted by molar-refractivity contribution is -0.129. The number of ether oxygens (including phenoxy) is 1. The van der Waals surface area contributed by atoms with Gasteiger partial charge in [0.25, 0.3) is 0 Å². The number of carbonyl (C=O) groups excluding carboxylic acids is 1. The number of carbonyl (C=O) groups is 1. The number of cyclic esters (lactones) is 1. The highest BCUT2D eigenvalue weighted by atomic mass is 19.1. The summed E-state index contributed by atoms with van der Waals surface area (Å²) >= 11 is 0. The van der Waals surface area contributed by atoms with E-state index in [-0.39, 0.29) is 17.4 Å². The van der Waals surface area contributed by atoms with Gasteiger partial charge in [-0.15, -0.1) is 0 Å². The van der Waals surface area contributed by atoms with Crippen LogP contribution in [0.15, 0.2) is 75.8 Å². The summed E-state index contributed by atoms with van der Waals surface area (Å²) in [5.74, 6) is 0.470. The number of hydrogen-bond acceptors (Lipinski definition) is 4. The average molecular weight is 347 g/mol. The monoisotopic (exact) mass is 347 g/mol. The Morgan fingerprint density at radius 3 is 2.35 bits per heavy atom. The minimum Gasteiger partial charge on any atom is -0.457 e. The molecule has 3 aromatic rings. The summed E-state index contributed by atoms with van der Waals surface area (Å²) < 4.78 is 24.0. The molecule has 0 N–H and O–H groups in total. The molecule has 1 aromatic heterocycles. The summed E-state index contributed by atoms with van der Waals surface area (Å²) in [6, 6.07) is 17.0. The zero-order chi connectivity index (χ0) is 18.1. The van der Waals surface area contributed by atoms with Crippen molar-refractivity contribution in [1.82, 2.24) is 0 Å². The van der Waals surface area contributed by atoms with Crippen LogP contribution in [0, 0.1) is 12.7 Å². The molecule has 2 heterocycles. The van der Waals surface area contributed by atoms with Crippen molar-refractivity contribution in [2.75, 3.05) is 0 Å². The van der Waals surface area contributed by atoms with Crippen molar-refractivity contribution in [3.05, 3.63) is 89.1 Å². The van der Waals surface area contributed by atoms with E-state index >= 15 is 0 Å². The molecule has 128 valence electrons. The molecule has 26 heavy (non-hydrogen) atoms. The standard InChI is InChI=1S/C21H14FNO3/c1-13-2-4-15(5-3-13)20-23-18(21(24)26-20)12-17-10-11-19(25-17)14-6-8-16(22)9-7-14/h2-12H,1H3/b18-12+. The van der Waals surface area contributed by atoms with Crippen LogP contribution < -0.4 is 0 Å². The molecule has 0 saturated heterocycles. The Morgan fingerprint density at radius 2 is 1.62 bits per heavy atom. The Bertz CT molecular complexity index is 1030. The van der Waals surface area contributed by atoms with Gasteiger partial charge in [0, 0.05) is 17.2 Å². The van der Waals surface area contributed by atoms with E-state index in [1.165, 1.54) is 18.2 Å². The van der Waals surface area contributed by atoms with Crippen molar-refractivity contribution in [2.45, 2.75) is 6.92 Å². The topological polar surface area (TPSA) is 51.8 Å². The highest BCUT2D eigenvalue weighted by molar-refractivity contribution is 6.12. The molecule has 4 nitrogen and oxygen atoms in total. The Balaban J connectivity index is 1.61. The van der Waals surface area contributed by atoms with E-state index < -0.39 is 5.97 Å². The Kier molecular flexibility index (Phi) is 3.97. The molecule has 1 aliphatic heterocycles. The number of esters is 1. The van der Waals surface area contributed by atoms with E-state index in [9.17, 15) is 9.18 Å². The largest absolute Gasteiger partial charge is 0.457 e. The fourth-order valence-corrected chi connectivity index (χ4v) is 2.56. The van der Waals surface area contributed by atoms with E-state index in [1.54, 1.807) is 24.3 Å². The molecule has 0 unspecified atom stereocenters. The third-order valence-corrected chi connectivity index (χ3v) is 3.95. The van der Waals surface area contributed by atoms with Gasteiger partial charge in [0.05, 0.1) is 0 Å². The maximum absolute atomic E-state index is 13.0. The van der Waals surface area contributed by atoms with Crippen LogP contribution in [0.5, 0.6) is 0 Å². The molecular formula is C21H14FNO3. The van der Waals surface area contributed by atoms with E-state index in [2.05, 4.69) is 4.99 Å². The van der Waals surface area contributed by atoms with Gasteiger partial charge in [0.1, 0.15) is 17.3 Å². The highest BCUT2D eigenvalue weighted by Crippen LogP contribution is 2.25. The van der Waals surface area contributed by atoms with E-state index in [0.717, 1.165) is 16.7 Å². The van der Waals surface area contributed by atoms with Crippen LogP contribution in [0.2, 0.25) is 0 Å². The maximum Gasteiger partial charge on any atom is 0.363 e. The Hall–Kier alpha value is -3.47. The molecule has 0 fully saturated rings. The molecule has 0 saturated carbocycles. The van der Waals surface area contributed by atoms with Crippen LogP contribution in [-0.4, -0.2) is 11.9 Å². The Labute approximate surface area is 149 Å². The fourth-order valence-electron chi connectivity index (χ4n) is 2.56. The normalized spacial score (nSPS) is 15.2. The number of halogens is 1. The van der Waals surface area contributed by atoms with Crippen LogP contribution in [0.3, 0.4) is 0 Å². The molecule has 0 bridgehead atoms. The predicted molar refractivity (Wildman–Crippen MR) is 95.9 cm³/mol. The van der Waals surface area contributed by atoms with Crippen LogP contribution >= 0.6 is 0 Å². The van der Waals surface area contributed by atoms with Gasteiger partial charge in [-0.3, -0.25) is 0 Å². The molecule has 0 atom stereocenters. The number of hydrogen-bond donors (Lipinski definition) is 0. The lowest BCUT2D eigenvalue weighted by Crippen LogP contribution is -2.05. The highest BCUT2D eigenvalue weighted by Gasteiger charge is 2.24. The zero-order valence-electron chi connectivity index (χ0n) is 13.9. The van der Waals surface area contributed by atoms with Crippen molar-refractivity contribution in [1.29, 1.82) is 0 Å². The van der Waals surface area contributed by atoms with Gasteiger partial charge in [-0.25, -0.2) is 14.2 Å². The summed E-state index contributed by atoms with van der Waals surface area (Å²) in [5, 5.41) is 0. The minimum atomic E-state index is -0.527. The zero-order valence-corrected chi connectivity index (χ0v) is 13.9. The number of furan rings is 1. The van der Waals surface area contributed by atoms with Gasteiger partial charge in [-0.05, 0) is 55.5 Å². The summed E-state index contributed by atoms with van der Waals surface area (Å²) in [6.07, 6.45) is 1.52. The lowest BCUT2D eigenvalue weighted by atomic mass is 10.1. The minimum absolute atomic E-state index is 0.167. The maximum atomic E-state index is 13.0. The molecule has 2 aromatic carbocycles. The van der Waals surface area contributed by atoms with Gasteiger partial charge < -0.3 is 9.15 Å². The Morgan fingerprint density at radius 1 is 0.923 bits per heavy atom. The van der Waals surface area contributed by atoms with E-state index in [4.69, 9.17) is 9.15 Å². The summed E-state index contributed by atoms with van der Waals surface area (Å²) in [6.45, 7) is 1.98. The van der Waals surface area contributed by atoms with E-state index in [0.29, 0.717) is 11.5 Å². The van der Waals surface area contributed by atoms with Crippen LogP contribution in [0.25, 0.3) is 17.4 Å². The first kappa shape index (κ1) is 16.0. The first-order valence-electron chi connectivity index (χ1n) is 8.04. The predicted octanol–water partition coefficient (Wildman–Crippen LogP) is 4.74. The number of aliphatic imine (C=N–C) groups is 1.